The molecule has 0 spiro atoms. The molecule has 108 valence electrons. The van der Waals surface area contributed by atoms with Gasteiger partial charge in [0.2, 0.25) is 11.8 Å². The Morgan fingerprint density at radius 3 is 2.85 bits per heavy atom. The Morgan fingerprint density at radius 2 is 2.20 bits per heavy atom. The summed E-state index contributed by atoms with van der Waals surface area (Å²) >= 11 is 0. The maximum atomic E-state index is 11.9. The highest BCUT2D eigenvalue weighted by atomic mass is 16.5. The van der Waals surface area contributed by atoms with Crippen LogP contribution in [-0.4, -0.2) is 24.0 Å². The first-order chi connectivity index (χ1) is 9.56. The molecule has 1 fully saturated rings. The van der Waals surface area contributed by atoms with E-state index in [2.05, 4.69) is 10.6 Å². The molecule has 0 saturated carbocycles. The van der Waals surface area contributed by atoms with Crippen molar-refractivity contribution >= 4 is 11.8 Å². The summed E-state index contributed by atoms with van der Waals surface area (Å²) in [6, 6.07) is 7.22. The van der Waals surface area contributed by atoms with Gasteiger partial charge in [0.05, 0.1) is 6.10 Å². The zero-order chi connectivity index (χ0) is 14.5. The molecule has 20 heavy (non-hydrogen) atoms. The van der Waals surface area contributed by atoms with E-state index in [1.165, 1.54) is 0 Å². The molecule has 0 unspecified atom stereocenters. The van der Waals surface area contributed by atoms with Gasteiger partial charge in [-0.2, -0.15) is 0 Å². The van der Waals surface area contributed by atoms with E-state index >= 15 is 0 Å². The molecule has 1 aliphatic rings. The zero-order valence-electron chi connectivity index (χ0n) is 11.8. The van der Waals surface area contributed by atoms with Crippen LogP contribution in [0.15, 0.2) is 24.3 Å². The van der Waals surface area contributed by atoms with E-state index in [4.69, 9.17) is 4.74 Å². The zero-order valence-corrected chi connectivity index (χ0v) is 11.8. The lowest BCUT2D eigenvalue weighted by Crippen LogP contribution is -2.41. The summed E-state index contributed by atoms with van der Waals surface area (Å²) in [5, 5.41) is 5.50. The number of para-hydroxylation sites is 1. The number of carbonyl (C=O) groups excluding carboxylic acids is 2. The van der Waals surface area contributed by atoms with Gasteiger partial charge in [0.15, 0.2) is 0 Å². The number of hydrogen-bond acceptors (Lipinski definition) is 3. The van der Waals surface area contributed by atoms with Crippen molar-refractivity contribution in [1.82, 2.24) is 10.6 Å². The van der Waals surface area contributed by atoms with E-state index in [0.717, 1.165) is 11.3 Å². The summed E-state index contributed by atoms with van der Waals surface area (Å²) in [6.07, 6.45) is 1.07. The van der Waals surface area contributed by atoms with Crippen LogP contribution in [-0.2, 0) is 16.1 Å². The molecule has 1 aromatic rings. The minimum absolute atomic E-state index is 0.0614. The van der Waals surface area contributed by atoms with Gasteiger partial charge in [0.1, 0.15) is 11.8 Å². The largest absolute Gasteiger partial charge is 0.491 e. The molecular weight excluding hydrogens is 256 g/mol. The second-order valence-electron chi connectivity index (χ2n) is 5.15. The Morgan fingerprint density at radius 1 is 1.45 bits per heavy atom. The fraction of sp³-hybridized carbons (Fsp3) is 0.467. The Bertz CT molecular complexity index is 500. The summed E-state index contributed by atoms with van der Waals surface area (Å²) in [5.74, 6) is 0.571. The van der Waals surface area contributed by atoms with Gasteiger partial charge in [0.25, 0.3) is 0 Å². The monoisotopic (exact) mass is 276 g/mol. The summed E-state index contributed by atoms with van der Waals surface area (Å²) in [5.41, 5.74) is 0.930. The molecule has 1 aliphatic heterocycles. The van der Waals surface area contributed by atoms with E-state index in [-0.39, 0.29) is 17.9 Å². The van der Waals surface area contributed by atoms with E-state index in [1.807, 2.05) is 38.1 Å². The Hall–Kier alpha value is -2.04. The lowest BCUT2D eigenvalue weighted by atomic mass is 10.1. The van der Waals surface area contributed by atoms with E-state index in [1.54, 1.807) is 0 Å². The molecule has 5 nitrogen and oxygen atoms in total. The van der Waals surface area contributed by atoms with Crippen LogP contribution in [0.3, 0.4) is 0 Å². The first-order valence-electron chi connectivity index (χ1n) is 6.88. The van der Waals surface area contributed by atoms with Crippen molar-refractivity contribution in [3.63, 3.8) is 0 Å². The van der Waals surface area contributed by atoms with Gasteiger partial charge in [-0.05, 0) is 26.3 Å². The van der Waals surface area contributed by atoms with Crippen LogP contribution in [0.4, 0.5) is 0 Å². The van der Waals surface area contributed by atoms with Crippen LogP contribution in [0.25, 0.3) is 0 Å². The van der Waals surface area contributed by atoms with Gasteiger partial charge in [-0.1, -0.05) is 18.2 Å². The molecule has 2 rings (SSSR count). The van der Waals surface area contributed by atoms with Crippen molar-refractivity contribution < 1.29 is 14.3 Å². The normalized spacial score (nSPS) is 17.9. The highest BCUT2D eigenvalue weighted by molar-refractivity contribution is 5.90. The smallest absolute Gasteiger partial charge is 0.242 e. The fourth-order valence-corrected chi connectivity index (χ4v) is 2.14. The lowest BCUT2D eigenvalue weighted by Gasteiger charge is -2.15. The van der Waals surface area contributed by atoms with Crippen LogP contribution >= 0.6 is 0 Å². The second kappa shape index (κ2) is 6.41. The molecule has 5 heteroatoms. The Kier molecular flexibility index (Phi) is 4.61. The molecule has 0 aromatic heterocycles. The average Bonchev–Trinajstić information content (AvgIpc) is 2.83. The number of nitrogens with one attached hydrogen (secondary N) is 2. The van der Waals surface area contributed by atoms with Crippen molar-refractivity contribution in [3.05, 3.63) is 29.8 Å². The summed E-state index contributed by atoms with van der Waals surface area (Å²) in [4.78, 5) is 23.0. The molecule has 1 aromatic carbocycles. The third-order valence-corrected chi connectivity index (χ3v) is 3.10. The topological polar surface area (TPSA) is 67.4 Å². The van der Waals surface area contributed by atoms with E-state index in [0.29, 0.717) is 19.4 Å². The van der Waals surface area contributed by atoms with Crippen LogP contribution in [0, 0.1) is 0 Å². The SMILES string of the molecule is CC(C)Oc1ccccc1CNC(=O)[C@@H]1CCC(=O)N1. The summed E-state index contributed by atoms with van der Waals surface area (Å²) in [7, 11) is 0. The summed E-state index contributed by atoms with van der Waals surface area (Å²) in [6.45, 7) is 4.32. The number of hydrogen-bond donors (Lipinski definition) is 2. The summed E-state index contributed by atoms with van der Waals surface area (Å²) < 4.78 is 5.70. The van der Waals surface area contributed by atoms with Crippen LogP contribution in [0.5, 0.6) is 5.75 Å². The molecular formula is C15H20N2O3. The standard InChI is InChI=1S/C15H20N2O3/c1-10(2)20-13-6-4-3-5-11(13)9-16-15(19)12-7-8-14(18)17-12/h3-6,10,12H,7-9H2,1-2H3,(H,16,19)(H,17,18)/t12-/m0/s1. The highest BCUT2D eigenvalue weighted by Gasteiger charge is 2.26. The average molecular weight is 276 g/mol. The van der Waals surface area contributed by atoms with Crippen LogP contribution < -0.4 is 15.4 Å². The molecule has 0 bridgehead atoms. The molecule has 0 radical (unpaired) electrons. The van der Waals surface area contributed by atoms with Gasteiger partial charge in [0, 0.05) is 18.5 Å². The second-order valence-corrected chi connectivity index (χ2v) is 5.15. The van der Waals surface area contributed by atoms with Crippen molar-refractivity contribution in [2.24, 2.45) is 0 Å². The van der Waals surface area contributed by atoms with Crippen LogP contribution in [0.1, 0.15) is 32.3 Å². The lowest BCUT2D eigenvalue weighted by molar-refractivity contribution is -0.125. The first kappa shape index (κ1) is 14.4. The minimum atomic E-state index is -0.402. The van der Waals surface area contributed by atoms with Crippen molar-refractivity contribution in [2.75, 3.05) is 0 Å². The van der Waals surface area contributed by atoms with Crippen molar-refractivity contribution in [1.29, 1.82) is 0 Å². The number of amides is 2. The van der Waals surface area contributed by atoms with Gasteiger partial charge in [-0.15, -0.1) is 0 Å². The van der Waals surface area contributed by atoms with Gasteiger partial charge in [-0.3, -0.25) is 9.59 Å². The van der Waals surface area contributed by atoms with E-state index < -0.39 is 6.04 Å². The quantitative estimate of drug-likeness (QED) is 0.853. The Balaban J connectivity index is 1.93. The fourth-order valence-electron chi connectivity index (χ4n) is 2.14. The number of carbonyl (C=O) groups is 2. The molecule has 0 aliphatic carbocycles. The Labute approximate surface area is 118 Å². The predicted octanol–water partition coefficient (Wildman–Crippen LogP) is 1.37. The van der Waals surface area contributed by atoms with Gasteiger partial charge >= 0.3 is 0 Å². The minimum Gasteiger partial charge on any atom is -0.491 e. The third-order valence-electron chi connectivity index (χ3n) is 3.10. The molecule has 1 heterocycles. The predicted molar refractivity (Wildman–Crippen MR) is 75.2 cm³/mol. The van der Waals surface area contributed by atoms with Gasteiger partial charge < -0.3 is 15.4 Å². The third kappa shape index (κ3) is 3.73. The first-order valence-corrected chi connectivity index (χ1v) is 6.88. The number of benzene rings is 1. The molecule has 2 N–H and O–H groups in total. The maximum Gasteiger partial charge on any atom is 0.242 e. The molecule has 2 amide bonds. The number of ether oxygens (including phenoxy) is 1. The van der Waals surface area contributed by atoms with Crippen molar-refractivity contribution in [2.45, 2.75) is 45.4 Å². The maximum absolute atomic E-state index is 11.9. The molecule has 1 saturated heterocycles. The van der Waals surface area contributed by atoms with Crippen LogP contribution in [0.2, 0.25) is 0 Å². The highest BCUT2D eigenvalue weighted by Crippen LogP contribution is 2.19. The number of rotatable bonds is 5. The van der Waals surface area contributed by atoms with Gasteiger partial charge in [-0.25, -0.2) is 0 Å². The van der Waals surface area contributed by atoms with E-state index in [9.17, 15) is 9.59 Å². The van der Waals surface area contributed by atoms with Crippen molar-refractivity contribution in [3.8, 4) is 5.75 Å². The molecule has 1 atom stereocenters.